The Balaban J connectivity index is 2.59. The van der Waals surface area contributed by atoms with Crippen LogP contribution in [0, 0.1) is 11.3 Å². The highest BCUT2D eigenvalue weighted by molar-refractivity contribution is 6.42. The summed E-state index contributed by atoms with van der Waals surface area (Å²) in [5.74, 6) is 0.659. The number of hydrogen-bond acceptors (Lipinski definition) is 2. The van der Waals surface area contributed by atoms with Crippen LogP contribution in [0.25, 0.3) is 0 Å². The monoisotopic (exact) mass is 329 g/mol. The number of halogens is 2. The van der Waals surface area contributed by atoms with E-state index in [4.69, 9.17) is 28.9 Å². The lowest BCUT2D eigenvalue weighted by Gasteiger charge is -2.30. The molecule has 1 unspecified atom stereocenters. The first-order valence-corrected chi connectivity index (χ1v) is 8.16. The van der Waals surface area contributed by atoms with Crippen LogP contribution in [0.2, 0.25) is 10.0 Å². The zero-order valence-electron chi connectivity index (χ0n) is 13.1. The Kier molecular flexibility index (Phi) is 7.19. The van der Waals surface area contributed by atoms with E-state index in [1.807, 2.05) is 12.1 Å². The molecule has 0 spiro atoms. The van der Waals surface area contributed by atoms with E-state index in [1.54, 1.807) is 6.07 Å². The SMILES string of the molecule is CC(C)(C)C(CCN)CCC(=O)Cc1cccc(Cl)c1Cl. The number of Topliss-reactive ketones (excluding diaryl/α,β-unsaturated/α-hetero) is 1. The fourth-order valence-electron chi connectivity index (χ4n) is 2.53. The number of benzene rings is 1. The number of hydrogen-bond donors (Lipinski definition) is 1. The fourth-order valence-corrected chi connectivity index (χ4v) is 2.92. The van der Waals surface area contributed by atoms with Gasteiger partial charge in [-0.1, -0.05) is 56.1 Å². The minimum atomic E-state index is 0.174. The molecule has 0 heterocycles. The van der Waals surface area contributed by atoms with Crippen molar-refractivity contribution in [3.63, 3.8) is 0 Å². The van der Waals surface area contributed by atoms with Crippen LogP contribution < -0.4 is 5.73 Å². The van der Waals surface area contributed by atoms with Crippen LogP contribution in [-0.2, 0) is 11.2 Å². The zero-order chi connectivity index (χ0) is 16.0. The predicted octanol–water partition coefficient (Wildman–Crippen LogP) is 4.90. The highest BCUT2D eigenvalue weighted by atomic mass is 35.5. The largest absolute Gasteiger partial charge is 0.330 e. The molecule has 0 aliphatic carbocycles. The van der Waals surface area contributed by atoms with Crippen molar-refractivity contribution >= 4 is 29.0 Å². The number of rotatable bonds is 7. The maximum Gasteiger partial charge on any atom is 0.137 e. The molecular formula is C17H25Cl2NO. The van der Waals surface area contributed by atoms with Gasteiger partial charge >= 0.3 is 0 Å². The Labute approximate surface area is 138 Å². The van der Waals surface area contributed by atoms with Gasteiger partial charge in [-0.05, 0) is 42.3 Å². The van der Waals surface area contributed by atoms with E-state index >= 15 is 0 Å². The van der Waals surface area contributed by atoms with Crippen molar-refractivity contribution in [2.75, 3.05) is 6.54 Å². The Bertz CT molecular complexity index is 480. The highest BCUT2D eigenvalue weighted by Gasteiger charge is 2.24. The molecule has 2 N–H and O–H groups in total. The van der Waals surface area contributed by atoms with Crippen LogP contribution >= 0.6 is 23.2 Å². The van der Waals surface area contributed by atoms with Gasteiger partial charge in [0.05, 0.1) is 10.0 Å². The van der Waals surface area contributed by atoms with Crippen LogP contribution in [0.4, 0.5) is 0 Å². The normalized spacial score (nSPS) is 13.2. The average Bonchev–Trinajstić information content (AvgIpc) is 2.38. The van der Waals surface area contributed by atoms with Crippen LogP contribution in [0.5, 0.6) is 0 Å². The Morgan fingerprint density at radius 2 is 1.90 bits per heavy atom. The van der Waals surface area contributed by atoms with Gasteiger partial charge in [0.2, 0.25) is 0 Å². The summed E-state index contributed by atoms with van der Waals surface area (Å²) in [6, 6.07) is 5.41. The molecule has 1 aromatic rings. The maximum absolute atomic E-state index is 12.2. The molecular weight excluding hydrogens is 305 g/mol. The molecule has 0 saturated carbocycles. The number of carbonyl (C=O) groups is 1. The summed E-state index contributed by atoms with van der Waals surface area (Å²) in [5, 5.41) is 0.986. The summed E-state index contributed by atoms with van der Waals surface area (Å²) in [5.41, 5.74) is 6.66. The van der Waals surface area contributed by atoms with E-state index in [0.29, 0.717) is 35.3 Å². The van der Waals surface area contributed by atoms with Crippen LogP contribution in [0.1, 0.15) is 45.6 Å². The van der Waals surface area contributed by atoms with Crippen molar-refractivity contribution in [3.05, 3.63) is 33.8 Å². The van der Waals surface area contributed by atoms with Crippen LogP contribution in [0.15, 0.2) is 18.2 Å². The Hall–Kier alpha value is -0.570. The molecule has 0 saturated heterocycles. The summed E-state index contributed by atoms with van der Waals surface area (Å²) in [4.78, 5) is 12.2. The second-order valence-electron chi connectivity index (χ2n) is 6.61. The van der Waals surface area contributed by atoms with E-state index in [0.717, 1.165) is 18.4 Å². The van der Waals surface area contributed by atoms with E-state index in [1.165, 1.54) is 0 Å². The van der Waals surface area contributed by atoms with Crippen molar-refractivity contribution < 1.29 is 4.79 Å². The molecule has 2 nitrogen and oxygen atoms in total. The quantitative estimate of drug-likeness (QED) is 0.773. The van der Waals surface area contributed by atoms with E-state index in [2.05, 4.69) is 20.8 Å². The third kappa shape index (κ3) is 5.98. The first-order chi connectivity index (χ1) is 9.75. The van der Waals surface area contributed by atoms with Crippen molar-refractivity contribution in [3.8, 4) is 0 Å². The number of nitrogens with two attached hydrogens (primary N) is 1. The first kappa shape index (κ1) is 18.5. The van der Waals surface area contributed by atoms with Crippen molar-refractivity contribution in [1.82, 2.24) is 0 Å². The Morgan fingerprint density at radius 3 is 2.48 bits per heavy atom. The van der Waals surface area contributed by atoms with E-state index in [-0.39, 0.29) is 11.2 Å². The van der Waals surface area contributed by atoms with E-state index in [9.17, 15) is 4.79 Å². The maximum atomic E-state index is 12.2. The smallest absolute Gasteiger partial charge is 0.137 e. The minimum Gasteiger partial charge on any atom is -0.330 e. The number of carbonyl (C=O) groups excluding carboxylic acids is 1. The predicted molar refractivity (Wildman–Crippen MR) is 91.0 cm³/mol. The third-order valence-electron chi connectivity index (χ3n) is 3.93. The van der Waals surface area contributed by atoms with Gasteiger partial charge in [0.25, 0.3) is 0 Å². The lowest BCUT2D eigenvalue weighted by molar-refractivity contribution is -0.118. The average molecular weight is 330 g/mol. The van der Waals surface area contributed by atoms with Gasteiger partial charge in [-0.3, -0.25) is 4.79 Å². The molecule has 1 rings (SSSR count). The second kappa shape index (κ2) is 8.17. The lowest BCUT2D eigenvalue weighted by Crippen LogP contribution is -2.24. The second-order valence-corrected chi connectivity index (χ2v) is 7.39. The topological polar surface area (TPSA) is 43.1 Å². The third-order valence-corrected chi connectivity index (χ3v) is 4.79. The molecule has 1 aromatic carbocycles. The van der Waals surface area contributed by atoms with Gasteiger partial charge in [0, 0.05) is 12.8 Å². The molecule has 0 aliphatic heterocycles. The molecule has 0 bridgehead atoms. The van der Waals surface area contributed by atoms with Crippen LogP contribution in [0.3, 0.4) is 0 Å². The van der Waals surface area contributed by atoms with Gasteiger partial charge in [-0.25, -0.2) is 0 Å². The summed E-state index contributed by atoms with van der Waals surface area (Å²) in [7, 11) is 0. The minimum absolute atomic E-state index is 0.174. The summed E-state index contributed by atoms with van der Waals surface area (Å²) < 4.78 is 0. The molecule has 1 atom stereocenters. The molecule has 21 heavy (non-hydrogen) atoms. The zero-order valence-corrected chi connectivity index (χ0v) is 14.6. The van der Waals surface area contributed by atoms with Gasteiger partial charge in [-0.2, -0.15) is 0 Å². The van der Waals surface area contributed by atoms with Gasteiger partial charge < -0.3 is 5.73 Å². The fraction of sp³-hybridized carbons (Fsp3) is 0.588. The molecule has 0 fully saturated rings. The van der Waals surface area contributed by atoms with Crippen molar-refractivity contribution in [1.29, 1.82) is 0 Å². The molecule has 0 aliphatic rings. The van der Waals surface area contributed by atoms with Crippen molar-refractivity contribution in [2.45, 2.75) is 46.5 Å². The van der Waals surface area contributed by atoms with Gasteiger partial charge in [-0.15, -0.1) is 0 Å². The molecule has 118 valence electrons. The van der Waals surface area contributed by atoms with Gasteiger partial charge in [0.15, 0.2) is 0 Å². The summed E-state index contributed by atoms with van der Waals surface area (Å²) in [6.45, 7) is 7.26. The molecule has 4 heteroatoms. The molecule has 0 radical (unpaired) electrons. The number of ketones is 1. The molecule has 0 amide bonds. The summed E-state index contributed by atoms with van der Waals surface area (Å²) in [6.07, 6.45) is 2.73. The highest BCUT2D eigenvalue weighted by Crippen LogP contribution is 2.32. The van der Waals surface area contributed by atoms with E-state index < -0.39 is 0 Å². The first-order valence-electron chi connectivity index (χ1n) is 7.40. The standard InChI is InChI=1S/C17H25Cl2NO/c1-17(2,3)13(9-10-20)7-8-14(21)11-12-5-4-6-15(18)16(12)19/h4-6,13H,7-11,20H2,1-3H3. The van der Waals surface area contributed by atoms with Crippen molar-refractivity contribution in [2.24, 2.45) is 17.1 Å². The summed E-state index contributed by atoms with van der Waals surface area (Å²) >= 11 is 12.1. The Morgan fingerprint density at radius 1 is 1.24 bits per heavy atom. The lowest BCUT2D eigenvalue weighted by atomic mass is 9.76. The van der Waals surface area contributed by atoms with Crippen LogP contribution in [-0.4, -0.2) is 12.3 Å². The van der Waals surface area contributed by atoms with Gasteiger partial charge in [0.1, 0.15) is 5.78 Å². The molecule has 0 aromatic heterocycles.